The van der Waals surface area contributed by atoms with Gasteiger partial charge < -0.3 is 10.6 Å². The Balaban J connectivity index is 1.47. The van der Waals surface area contributed by atoms with Crippen LogP contribution < -0.4 is 10.6 Å². The first-order chi connectivity index (χ1) is 11.6. The molecule has 4 nitrogen and oxygen atoms in total. The largest absolute Gasteiger partial charge is 0.352 e. The van der Waals surface area contributed by atoms with E-state index in [-0.39, 0.29) is 23.5 Å². The molecule has 124 valence electrons. The highest BCUT2D eigenvalue weighted by molar-refractivity contribution is 5.96. The second kappa shape index (κ2) is 7.25. The molecule has 1 aliphatic rings. The minimum atomic E-state index is -0.267. The van der Waals surface area contributed by atoms with Gasteiger partial charge in [0.15, 0.2) is 0 Å². The minimum Gasteiger partial charge on any atom is -0.352 e. The van der Waals surface area contributed by atoms with Gasteiger partial charge in [-0.25, -0.2) is 4.39 Å². The van der Waals surface area contributed by atoms with Crippen molar-refractivity contribution in [3.63, 3.8) is 0 Å². The van der Waals surface area contributed by atoms with Crippen LogP contribution in [0.4, 0.5) is 10.1 Å². The van der Waals surface area contributed by atoms with Crippen LogP contribution in [0, 0.1) is 11.7 Å². The zero-order chi connectivity index (χ0) is 16.9. The lowest BCUT2D eigenvalue weighted by atomic mass is 10.1. The standard InChI is InChI=1S/C19H19FN2O2/c20-16-7-1-13(2-8-16)11-12-21-18(23)14-5-9-17(10-6-14)22-19(24)15-3-4-15/h1-2,5-10,15H,3-4,11-12H2,(H,21,23)(H,22,24). The Hall–Kier alpha value is -2.69. The highest BCUT2D eigenvalue weighted by Gasteiger charge is 2.29. The fraction of sp³-hybridized carbons (Fsp3) is 0.263. The SMILES string of the molecule is O=C(NCCc1ccc(F)cc1)c1ccc(NC(=O)C2CC2)cc1. The van der Waals surface area contributed by atoms with Crippen molar-refractivity contribution in [2.75, 3.05) is 11.9 Å². The van der Waals surface area contributed by atoms with Gasteiger partial charge in [-0.15, -0.1) is 0 Å². The number of rotatable bonds is 6. The molecule has 0 saturated heterocycles. The predicted octanol–water partition coefficient (Wildman–Crippen LogP) is 3.15. The molecule has 24 heavy (non-hydrogen) atoms. The molecule has 5 heteroatoms. The molecule has 1 saturated carbocycles. The third-order valence-electron chi connectivity index (χ3n) is 3.98. The van der Waals surface area contributed by atoms with Gasteiger partial charge in [-0.3, -0.25) is 9.59 Å². The topological polar surface area (TPSA) is 58.2 Å². The number of anilines is 1. The van der Waals surface area contributed by atoms with Gasteiger partial charge in [0.1, 0.15) is 5.82 Å². The van der Waals surface area contributed by atoms with E-state index < -0.39 is 0 Å². The van der Waals surface area contributed by atoms with Crippen LogP contribution in [0.15, 0.2) is 48.5 Å². The Morgan fingerprint density at radius 3 is 2.29 bits per heavy atom. The molecule has 0 spiro atoms. The number of carbonyl (C=O) groups excluding carboxylic acids is 2. The number of hydrogen-bond donors (Lipinski definition) is 2. The van der Waals surface area contributed by atoms with Crippen molar-refractivity contribution in [2.24, 2.45) is 5.92 Å². The second-order valence-corrected chi connectivity index (χ2v) is 5.97. The molecule has 0 bridgehead atoms. The Kier molecular flexibility index (Phi) is 4.89. The number of nitrogens with one attached hydrogen (secondary N) is 2. The third kappa shape index (κ3) is 4.41. The fourth-order valence-corrected chi connectivity index (χ4v) is 2.37. The van der Waals surface area contributed by atoms with Gasteiger partial charge in [-0.1, -0.05) is 12.1 Å². The third-order valence-corrected chi connectivity index (χ3v) is 3.98. The molecule has 0 unspecified atom stereocenters. The summed E-state index contributed by atoms with van der Waals surface area (Å²) >= 11 is 0. The maximum atomic E-state index is 12.8. The molecule has 0 heterocycles. The van der Waals surface area contributed by atoms with Crippen LogP contribution in [0.3, 0.4) is 0 Å². The van der Waals surface area contributed by atoms with Crippen LogP contribution in [-0.2, 0) is 11.2 Å². The number of benzene rings is 2. The van der Waals surface area contributed by atoms with Crippen molar-refractivity contribution in [2.45, 2.75) is 19.3 Å². The van der Waals surface area contributed by atoms with Gasteiger partial charge in [-0.05, 0) is 61.2 Å². The van der Waals surface area contributed by atoms with E-state index in [0.29, 0.717) is 24.2 Å². The molecule has 2 N–H and O–H groups in total. The summed E-state index contributed by atoms with van der Waals surface area (Å²) in [6, 6.07) is 13.1. The number of hydrogen-bond acceptors (Lipinski definition) is 2. The normalized spacial score (nSPS) is 13.4. The fourth-order valence-electron chi connectivity index (χ4n) is 2.37. The van der Waals surface area contributed by atoms with Crippen LogP contribution in [0.2, 0.25) is 0 Å². The van der Waals surface area contributed by atoms with Crippen LogP contribution in [-0.4, -0.2) is 18.4 Å². The van der Waals surface area contributed by atoms with E-state index in [2.05, 4.69) is 10.6 Å². The molecule has 1 fully saturated rings. The van der Waals surface area contributed by atoms with E-state index in [1.54, 1.807) is 36.4 Å². The Morgan fingerprint density at radius 1 is 1.00 bits per heavy atom. The molecule has 0 aliphatic heterocycles. The van der Waals surface area contributed by atoms with Crippen LogP contribution >= 0.6 is 0 Å². The Morgan fingerprint density at radius 2 is 1.67 bits per heavy atom. The Labute approximate surface area is 140 Å². The molecule has 0 aromatic heterocycles. The molecule has 2 aromatic rings. The minimum absolute atomic E-state index is 0.0477. The molecule has 0 atom stereocenters. The zero-order valence-corrected chi connectivity index (χ0v) is 13.2. The van der Waals surface area contributed by atoms with Crippen molar-refractivity contribution in [3.05, 3.63) is 65.5 Å². The summed E-state index contributed by atoms with van der Waals surface area (Å²) in [5.74, 6) is -0.236. The number of amides is 2. The van der Waals surface area contributed by atoms with Crippen LogP contribution in [0.1, 0.15) is 28.8 Å². The molecular formula is C19H19FN2O2. The smallest absolute Gasteiger partial charge is 0.251 e. The molecule has 1 aliphatic carbocycles. The number of carbonyl (C=O) groups is 2. The first-order valence-electron chi connectivity index (χ1n) is 8.05. The quantitative estimate of drug-likeness (QED) is 0.857. The highest BCUT2D eigenvalue weighted by atomic mass is 19.1. The summed E-state index contributed by atoms with van der Waals surface area (Å²) < 4.78 is 12.8. The monoisotopic (exact) mass is 326 g/mol. The first-order valence-corrected chi connectivity index (χ1v) is 8.05. The van der Waals surface area contributed by atoms with E-state index in [9.17, 15) is 14.0 Å². The molecule has 2 amide bonds. The van der Waals surface area contributed by atoms with Crippen molar-refractivity contribution < 1.29 is 14.0 Å². The van der Waals surface area contributed by atoms with Gasteiger partial charge in [0, 0.05) is 23.7 Å². The van der Waals surface area contributed by atoms with Crippen molar-refractivity contribution in [3.8, 4) is 0 Å². The van der Waals surface area contributed by atoms with E-state index in [4.69, 9.17) is 0 Å². The lowest BCUT2D eigenvalue weighted by Crippen LogP contribution is -2.25. The van der Waals surface area contributed by atoms with E-state index in [0.717, 1.165) is 18.4 Å². The van der Waals surface area contributed by atoms with Gasteiger partial charge in [0.25, 0.3) is 5.91 Å². The highest BCUT2D eigenvalue weighted by Crippen LogP contribution is 2.30. The second-order valence-electron chi connectivity index (χ2n) is 5.97. The molecular weight excluding hydrogens is 307 g/mol. The summed E-state index contributed by atoms with van der Waals surface area (Å²) in [5, 5.41) is 5.67. The van der Waals surface area contributed by atoms with Gasteiger partial charge in [0.05, 0.1) is 0 Å². The Bertz CT molecular complexity index is 722. The van der Waals surface area contributed by atoms with Gasteiger partial charge in [0.2, 0.25) is 5.91 Å². The maximum absolute atomic E-state index is 12.8. The lowest BCUT2D eigenvalue weighted by Gasteiger charge is -2.07. The predicted molar refractivity (Wildman–Crippen MR) is 90.2 cm³/mol. The summed E-state index contributed by atoms with van der Waals surface area (Å²) in [5.41, 5.74) is 2.21. The van der Waals surface area contributed by atoms with Crippen LogP contribution in [0.5, 0.6) is 0 Å². The van der Waals surface area contributed by atoms with Crippen molar-refractivity contribution in [1.29, 1.82) is 0 Å². The average Bonchev–Trinajstić information content (AvgIpc) is 3.42. The number of halogens is 1. The summed E-state index contributed by atoms with van der Waals surface area (Å²) in [7, 11) is 0. The summed E-state index contributed by atoms with van der Waals surface area (Å²) in [4.78, 5) is 23.8. The maximum Gasteiger partial charge on any atom is 0.251 e. The first kappa shape index (κ1) is 16.2. The van der Waals surface area contributed by atoms with Crippen LogP contribution in [0.25, 0.3) is 0 Å². The lowest BCUT2D eigenvalue weighted by molar-refractivity contribution is -0.117. The summed E-state index contributed by atoms with van der Waals surface area (Å²) in [6.07, 6.45) is 2.56. The van der Waals surface area contributed by atoms with Crippen molar-refractivity contribution >= 4 is 17.5 Å². The molecule has 0 radical (unpaired) electrons. The molecule has 2 aromatic carbocycles. The zero-order valence-electron chi connectivity index (χ0n) is 13.2. The van der Waals surface area contributed by atoms with E-state index in [1.807, 2.05) is 0 Å². The van der Waals surface area contributed by atoms with E-state index >= 15 is 0 Å². The molecule has 3 rings (SSSR count). The van der Waals surface area contributed by atoms with Gasteiger partial charge in [-0.2, -0.15) is 0 Å². The van der Waals surface area contributed by atoms with E-state index in [1.165, 1.54) is 12.1 Å². The average molecular weight is 326 g/mol. The van der Waals surface area contributed by atoms with Gasteiger partial charge >= 0.3 is 0 Å². The summed E-state index contributed by atoms with van der Waals surface area (Å²) in [6.45, 7) is 0.477. The van der Waals surface area contributed by atoms with Crippen molar-refractivity contribution in [1.82, 2.24) is 5.32 Å².